The molecule has 0 fully saturated rings. The molecule has 0 spiro atoms. The summed E-state index contributed by atoms with van der Waals surface area (Å²) in [4.78, 5) is 4.53. The van der Waals surface area contributed by atoms with Gasteiger partial charge in [-0.25, -0.2) is 0 Å². The monoisotopic (exact) mass is 430 g/mol. The normalized spacial score (nSPS) is 13.3. The third-order valence-corrected chi connectivity index (χ3v) is 6.30. The summed E-state index contributed by atoms with van der Waals surface area (Å²) in [5.41, 5.74) is 3.89. The first-order valence-corrected chi connectivity index (χ1v) is 11.1. The van der Waals surface area contributed by atoms with Gasteiger partial charge in [0.25, 0.3) is 0 Å². The fourth-order valence-electron chi connectivity index (χ4n) is 4.76. The van der Waals surface area contributed by atoms with Gasteiger partial charge in [-0.1, -0.05) is 72.8 Å². The van der Waals surface area contributed by atoms with Gasteiger partial charge in [0.1, 0.15) is 17.3 Å². The highest BCUT2D eigenvalue weighted by molar-refractivity contribution is 6.12. The van der Waals surface area contributed by atoms with Crippen molar-refractivity contribution in [1.29, 1.82) is 0 Å². The van der Waals surface area contributed by atoms with Gasteiger partial charge < -0.3 is 15.5 Å². The van der Waals surface area contributed by atoms with Crippen LogP contribution in [-0.2, 0) is 0 Å². The second kappa shape index (κ2) is 7.68. The number of benzene rings is 5. The Hall–Kier alpha value is -4.31. The molecule has 4 nitrogen and oxygen atoms in total. The summed E-state index contributed by atoms with van der Waals surface area (Å²) in [7, 11) is 0. The Kier molecular flexibility index (Phi) is 4.51. The van der Waals surface area contributed by atoms with Gasteiger partial charge in [0.05, 0.1) is 6.54 Å². The van der Waals surface area contributed by atoms with Crippen molar-refractivity contribution in [2.75, 3.05) is 13.1 Å². The molecule has 3 N–H and O–H groups in total. The van der Waals surface area contributed by atoms with Crippen LogP contribution >= 0.6 is 0 Å². The van der Waals surface area contributed by atoms with Crippen LogP contribution in [0.25, 0.3) is 43.8 Å². The maximum absolute atomic E-state index is 11.7. The molecule has 0 aliphatic carbocycles. The third kappa shape index (κ3) is 3.19. The summed E-state index contributed by atoms with van der Waals surface area (Å²) < 4.78 is 0. The molecule has 4 heteroatoms. The number of amidine groups is 1. The van der Waals surface area contributed by atoms with E-state index in [9.17, 15) is 10.2 Å². The highest BCUT2D eigenvalue weighted by Crippen LogP contribution is 2.48. The molecule has 0 saturated heterocycles. The number of phenolic OH excluding ortho intramolecular Hbond substituents is 2. The highest BCUT2D eigenvalue weighted by Gasteiger charge is 2.21. The van der Waals surface area contributed by atoms with Gasteiger partial charge in [0.2, 0.25) is 0 Å². The molecule has 1 aliphatic heterocycles. The summed E-state index contributed by atoms with van der Waals surface area (Å²) in [6, 6.07) is 29.6. The van der Waals surface area contributed by atoms with Crippen molar-refractivity contribution in [1.82, 2.24) is 5.32 Å². The van der Waals surface area contributed by atoms with E-state index in [1.54, 1.807) is 6.07 Å². The fourth-order valence-corrected chi connectivity index (χ4v) is 4.76. The van der Waals surface area contributed by atoms with Gasteiger partial charge in [-0.3, -0.25) is 4.99 Å². The number of nitrogens with zero attached hydrogens (tertiary/aromatic N) is 1. The van der Waals surface area contributed by atoms with Crippen molar-refractivity contribution in [3.63, 3.8) is 0 Å². The summed E-state index contributed by atoms with van der Waals surface area (Å²) in [5, 5.41) is 29.7. The number of aliphatic imine (C=N–C) groups is 1. The molecule has 0 amide bonds. The lowest BCUT2D eigenvalue weighted by molar-refractivity contribution is 0.471. The molecule has 1 aliphatic rings. The Morgan fingerprint density at radius 2 is 1.39 bits per heavy atom. The zero-order chi connectivity index (χ0) is 22.4. The van der Waals surface area contributed by atoms with Crippen molar-refractivity contribution in [3.8, 4) is 33.8 Å². The molecular formula is C29H22N2O2. The Bertz CT molecular complexity index is 1570. The molecule has 0 aromatic heterocycles. The van der Waals surface area contributed by atoms with Crippen LogP contribution in [0.15, 0.2) is 96.0 Å². The van der Waals surface area contributed by atoms with Crippen LogP contribution in [0.3, 0.4) is 0 Å². The quantitative estimate of drug-likeness (QED) is 0.325. The minimum Gasteiger partial charge on any atom is -0.507 e. The lowest BCUT2D eigenvalue weighted by atomic mass is 9.88. The van der Waals surface area contributed by atoms with E-state index in [4.69, 9.17) is 0 Å². The van der Waals surface area contributed by atoms with Gasteiger partial charge in [0.15, 0.2) is 0 Å². The van der Waals surface area contributed by atoms with Crippen molar-refractivity contribution in [2.45, 2.75) is 0 Å². The molecule has 0 bridgehead atoms. The molecule has 0 atom stereocenters. The van der Waals surface area contributed by atoms with Crippen LogP contribution in [0.2, 0.25) is 0 Å². The molecule has 5 aromatic rings. The van der Waals surface area contributed by atoms with E-state index in [1.165, 1.54) is 0 Å². The Labute approximate surface area is 191 Å². The smallest absolute Gasteiger partial charge is 0.132 e. The molecule has 160 valence electrons. The maximum atomic E-state index is 11.7. The lowest BCUT2D eigenvalue weighted by Gasteiger charge is -2.17. The van der Waals surface area contributed by atoms with E-state index in [-0.39, 0.29) is 11.5 Å². The zero-order valence-electron chi connectivity index (χ0n) is 17.9. The number of hydrogen-bond acceptors (Lipinski definition) is 4. The first-order chi connectivity index (χ1) is 16.2. The van der Waals surface area contributed by atoms with E-state index in [0.29, 0.717) is 11.1 Å². The van der Waals surface area contributed by atoms with E-state index in [0.717, 1.165) is 57.2 Å². The average Bonchev–Trinajstić information content (AvgIpc) is 3.40. The number of fused-ring (bicyclic) bond motifs is 2. The first-order valence-electron chi connectivity index (χ1n) is 11.1. The van der Waals surface area contributed by atoms with Crippen LogP contribution < -0.4 is 5.32 Å². The summed E-state index contributed by atoms with van der Waals surface area (Å²) in [6.07, 6.45) is 0. The van der Waals surface area contributed by atoms with E-state index >= 15 is 0 Å². The average molecular weight is 431 g/mol. The number of aromatic hydroxyl groups is 2. The molecule has 33 heavy (non-hydrogen) atoms. The predicted molar refractivity (Wildman–Crippen MR) is 135 cm³/mol. The van der Waals surface area contributed by atoms with Crippen molar-refractivity contribution >= 4 is 27.4 Å². The van der Waals surface area contributed by atoms with Gasteiger partial charge in [0, 0.05) is 28.8 Å². The highest BCUT2D eigenvalue weighted by atomic mass is 16.3. The second-order valence-electron chi connectivity index (χ2n) is 8.29. The molecule has 6 rings (SSSR count). The molecule has 5 aromatic carbocycles. The van der Waals surface area contributed by atoms with Crippen LogP contribution in [0.5, 0.6) is 11.5 Å². The SMILES string of the molecule is Oc1ccc2ccccc2c1-c1c(O)c(-c2cccc(C3=NCCN3)c2)cc2ccccc12. The predicted octanol–water partition coefficient (Wildman–Crippen LogP) is 6.09. The number of rotatable bonds is 3. The van der Waals surface area contributed by atoms with Crippen molar-refractivity contribution in [3.05, 3.63) is 96.6 Å². The summed E-state index contributed by atoms with van der Waals surface area (Å²) in [5.74, 6) is 1.17. The standard InChI is InChI=1S/C29H22N2O2/c32-25-13-12-18-6-1-3-10-22(18)26(25)27-23-11-4-2-7-20(23)17-24(28(27)33)19-8-5-9-21(16-19)29-30-14-15-31-29/h1-13,16-17,32-33H,14-15H2,(H,30,31). The Morgan fingerprint density at radius 1 is 0.667 bits per heavy atom. The number of phenols is 2. The van der Waals surface area contributed by atoms with Gasteiger partial charge in [-0.05, 0) is 45.3 Å². The van der Waals surface area contributed by atoms with Gasteiger partial charge in [-0.2, -0.15) is 0 Å². The van der Waals surface area contributed by atoms with E-state index in [1.807, 2.05) is 84.9 Å². The van der Waals surface area contributed by atoms with Crippen LogP contribution in [-0.4, -0.2) is 29.1 Å². The van der Waals surface area contributed by atoms with E-state index < -0.39 is 0 Å². The lowest BCUT2D eigenvalue weighted by Crippen LogP contribution is -2.19. The Morgan fingerprint density at radius 3 is 2.18 bits per heavy atom. The molecule has 0 unspecified atom stereocenters. The van der Waals surface area contributed by atoms with Gasteiger partial charge in [-0.15, -0.1) is 0 Å². The topological polar surface area (TPSA) is 64.8 Å². The minimum atomic E-state index is 0.143. The van der Waals surface area contributed by atoms with Crippen LogP contribution in [0.4, 0.5) is 0 Å². The summed E-state index contributed by atoms with van der Waals surface area (Å²) >= 11 is 0. The minimum absolute atomic E-state index is 0.143. The van der Waals surface area contributed by atoms with Crippen LogP contribution in [0, 0.1) is 0 Å². The van der Waals surface area contributed by atoms with Crippen molar-refractivity contribution in [2.24, 2.45) is 4.99 Å². The van der Waals surface area contributed by atoms with Crippen molar-refractivity contribution < 1.29 is 10.2 Å². The molecule has 1 heterocycles. The molecule has 0 radical (unpaired) electrons. The number of hydrogen-bond donors (Lipinski definition) is 3. The summed E-state index contributed by atoms with van der Waals surface area (Å²) in [6.45, 7) is 1.61. The van der Waals surface area contributed by atoms with Crippen LogP contribution in [0.1, 0.15) is 5.56 Å². The molecule has 0 saturated carbocycles. The zero-order valence-corrected chi connectivity index (χ0v) is 17.9. The van der Waals surface area contributed by atoms with E-state index in [2.05, 4.69) is 10.3 Å². The molecular weight excluding hydrogens is 408 g/mol. The maximum Gasteiger partial charge on any atom is 0.132 e. The largest absolute Gasteiger partial charge is 0.507 e. The second-order valence-corrected chi connectivity index (χ2v) is 8.29. The third-order valence-electron chi connectivity index (χ3n) is 6.30. The van der Waals surface area contributed by atoms with Gasteiger partial charge >= 0.3 is 0 Å². The number of nitrogens with one attached hydrogen (secondary N) is 1. The fraction of sp³-hybridized carbons (Fsp3) is 0.0690. The Balaban J connectivity index is 1.67. The first kappa shape index (κ1) is 19.4.